The lowest BCUT2D eigenvalue weighted by atomic mass is 10.1. The van der Waals surface area contributed by atoms with E-state index in [2.05, 4.69) is 20.7 Å². The summed E-state index contributed by atoms with van der Waals surface area (Å²) in [5.41, 5.74) is 0. The maximum atomic E-state index is 11.3. The number of ketones is 1. The maximum absolute atomic E-state index is 11.3. The number of carbonyl (C=O) groups excluding carboxylic acids is 2. The molecule has 1 heterocycles. The van der Waals surface area contributed by atoms with Crippen LogP contribution >= 0.6 is 15.9 Å². The van der Waals surface area contributed by atoms with Crippen LogP contribution in [-0.4, -0.2) is 41.8 Å². The van der Waals surface area contributed by atoms with Crippen LogP contribution in [0, 0.1) is 0 Å². The Balaban J connectivity index is 2.51. The number of Topliss-reactive ketones (excluding diaryl/α,β-unsaturated/α-hetero) is 1. The minimum atomic E-state index is -0.324. The van der Waals surface area contributed by atoms with Crippen molar-refractivity contribution in [1.29, 1.82) is 0 Å². The van der Waals surface area contributed by atoms with Crippen molar-refractivity contribution in [3.8, 4) is 0 Å². The van der Waals surface area contributed by atoms with Crippen LogP contribution in [-0.2, 0) is 9.53 Å². The van der Waals surface area contributed by atoms with E-state index in [1.165, 1.54) is 7.11 Å². The molecule has 4 nitrogen and oxygen atoms in total. The lowest BCUT2D eigenvalue weighted by Gasteiger charge is -2.22. The molecule has 0 saturated carbocycles. The van der Waals surface area contributed by atoms with E-state index in [9.17, 15) is 9.59 Å². The number of amides is 1. The molecule has 80 valence electrons. The Morgan fingerprint density at radius 3 is 2.86 bits per heavy atom. The van der Waals surface area contributed by atoms with Gasteiger partial charge in [0.15, 0.2) is 0 Å². The number of methoxy groups -OCH3 is 1. The van der Waals surface area contributed by atoms with Crippen LogP contribution < -0.4 is 0 Å². The van der Waals surface area contributed by atoms with E-state index in [1.54, 1.807) is 4.90 Å². The molecule has 5 heteroatoms. The molecule has 1 amide bonds. The summed E-state index contributed by atoms with van der Waals surface area (Å²) in [5.74, 6) is 0.130. The lowest BCUT2D eigenvalue weighted by Crippen LogP contribution is -2.36. The van der Waals surface area contributed by atoms with E-state index in [0.29, 0.717) is 18.3 Å². The van der Waals surface area contributed by atoms with E-state index in [-0.39, 0.29) is 17.9 Å². The van der Waals surface area contributed by atoms with Gasteiger partial charge in [-0.3, -0.25) is 4.79 Å². The van der Waals surface area contributed by atoms with E-state index >= 15 is 0 Å². The molecule has 0 radical (unpaired) electrons. The minimum Gasteiger partial charge on any atom is -0.453 e. The second-order valence-corrected chi connectivity index (χ2v) is 3.90. The molecule has 1 atom stereocenters. The molecule has 0 aromatic heterocycles. The summed E-state index contributed by atoms with van der Waals surface area (Å²) in [4.78, 5) is 24.1. The van der Waals surface area contributed by atoms with E-state index < -0.39 is 0 Å². The predicted octanol–water partition coefficient (Wildman–Crippen LogP) is 1.57. The van der Waals surface area contributed by atoms with Gasteiger partial charge in [-0.05, 0) is 12.8 Å². The zero-order chi connectivity index (χ0) is 10.6. The summed E-state index contributed by atoms with van der Waals surface area (Å²) >= 11 is 3.11. The van der Waals surface area contributed by atoms with Gasteiger partial charge >= 0.3 is 6.09 Å². The average molecular weight is 264 g/mol. The van der Waals surface area contributed by atoms with Gasteiger partial charge in [0.1, 0.15) is 5.78 Å². The molecular formula is C9H14BrNO3. The number of carbonyl (C=O) groups is 2. The Bertz CT molecular complexity index is 232. The highest BCUT2D eigenvalue weighted by Gasteiger charge is 2.30. The van der Waals surface area contributed by atoms with Crippen molar-refractivity contribution in [3.63, 3.8) is 0 Å². The van der Waals surface area contributed by atoms with Gasteiger partial charge in [-0.15, -0.1) is 0 Å². The summed E-state index contributed by atoms with van der Waals surface area (Å²) in [6.45, 7) is 0.701. The first-order valence-electron chi connectivity index (χ1n) is 4.61. The molecule has 1 unspecified atom stereocenters. The number of hydrogen-bond donors (Lipinski definition) is 0. The predicted molar refractivity (Wildman–Crippen MR) is 55.6 cm³/mol. The number of alkyl halides is 1. The van der Waals surface area contributed by atoms with Crippen molar-refractivity contribution >= 4 is 27.8 Å². The number of rotatable bonds is 3. The van der Waals surface area contributed by atoms with Crippen molar-refractivity contribution in [2.75, 3.05) is 19.0 Å². The fraction of sp³-hybridized carbons (Fsp3) is 0.778. The van der Waals surface area contributed by atoms with Crippen molar-refractivity contribution in [1.82, 2.24) is 4.90 Å². The number of nitrogens with zero attached hydrogens (tertiary/aromatic N) is 1. The number of ether oxygens (including phenoxy) is 1. The highest BCUT2D eigenvalue weighted by Crippen LogP contribution is 2.21. The maximum Gasteiger partial charge on any atom is 0.409 e. The first kappa shape index (κ1) is 11.5. The van der Waals surface area contributed by atoms with Gasteiger partial charge in [-0.2, -0.15) is 0 Å². The van der Waals surface area contributed by atoms with Crippen molar-refractivity contribution in [2.45, 2.75) is 25.3 Å². The molecule has 1 aliphatic heterocycles. The van der Waals surface area contributed by atoms with Crippen LogP contribution in [0.1, 0.15) is 19.3 Å². The van der Waals surface area contributed by atoms with E-state index in [1.807, 2.05) is 0 Å². The molecule has 14 heavy (non-hydrogen) atoms. The van der Waals surface area contributed by atoms with Crippen LogP contribution in [0.15, 0.2) is 0 Å². The Morgan fingerprint density at radius 1 is 1.57 bits per heavy atom. The fourth-order valence-electron chi connectivity index (χ4n) is 1.72. The minimum absolute atomic E-state index is 0.0347. The Morgan fingerprint density at radius 2 is 2.29 bits per heavy atom. The zero-order valence-corrected chi connectivity index (χ0v) is 9.75. The monoisotopic (exact) mass is 263 g/mol. The zero-order valence-electron chi connectivity index (χ0n) is 8.16. The third kappa shape index (κ3) is 2.70. The van der Waals surface area contributed by atoms with E-state index in [0.717, 1.165) is 12.8 Å². The van der Waals surface area contributed by atoms with Crippen LogP contribution in [0.3, 0.4) is 0 Å². The summed E-state index contributed by atoms with van der Waals surface area (Å²) in [6, 6.07) is 0.0347. The molecule has 0 spiro atoms. The highest BCUT2D eigenvalue weighted by molar-refractivity contribution is 9.09. The van der Waals surface area contributed by atoms with Gasteiger partial charge in [0.05, 0.1) is 12.4 Å². The molecular weight excluding hydrogens is 250 g/mol. The molecule has 1 aliphatic rings. The third-order valence-electron chi connectivity index (χ3n) is 2.40. The molecule has 0 aromatic carbocycles. The van der Waals surface area contributed by atoms with Gasteiger partial charge < -0.3 is 9.64 Å². The molecule has 0 aromatic rings. The number of likely N-dealkylation sites (tertiary alicyclic amines) is 1. The standard InChI is InChI=1S/C9H14BrNO3/c1-14-9(13)11-4-2-3-7(11)5-8(12)6-10/h7H,2-6H2,1H3. The van der Waals surface area contributed by atoms with Crippen LogP contribution in [0.4, 0.5) is 4.79 Å². The smallest absolute Gasteiger partial charge is 0.409 e. The second-order valence-electron chi connectivity index (χ2n) is 3.34. The summed E-state index contributed by atoms with van der Waals surface area (Å²) < 4.78 is 4.64. The normalized spacial score (nSPS) is 21.0. The SMILES string of the molecule is COC(=O)N1CCCC1CC(=O)CBr. The molecule has 0 N–H and O–H groups in total. The summed E-state index contributed by atoms with van der Waals surface area (Å²) in [5, 5.41) is 0.360. The number of halogens is 1. The van der Waals surface area contributed by atoms with Crippen LogP contribution in [0.2, 0.25) is 0 Å². The third-order valence-corrected chi connectivity index (χ3v) is 3.02. The number of hydrogen-bond acceptors (Lipinski definition) is 3. The fourth-order valence-corrected chi connectivity index (χ4v) is 1.95. The van der Waals surface area contributed by atoms with Gasteiger partial charge in [0.25, 0.3) is 0 Å². The highest BCUT2D eigenvalue weighted by atomic mass is 79.9. The molecule has 0 aliphatic carbocycles. The second kappa shape index (κ2) is 5.34. The Labute approximate surface area is 91.7 Å². The molecule has 1 rings (SSSR count). The van der Waals surface area contributed by atoms with Crippen LogP contribution in [0.5, 0.6) is 0 Å². The first-order valence-corrected chi connectivity index (χ1v) is 5.73. The lowest BCUT2D eigenvalue weighted by molar-refractivity contribution is -0.117. The summed E-state index contributed by atoms with van der Waals surface area (Å²) in [7, 11) is 1.37. The van der Waals surface area contributed by atoms with Crippen molar-refractivity contribution in [2.24, 2.45) is 0 Å². The quantitative estimate of drug-likeness (QED) is 0.727. The van der Waals surface area contributed by atoms with E-state index in [4.69, 9.17) is 0 Å². The van der Waals surface area contributed by atoms with Gasteiger partial charge in [-0.1, -0.05) is 15.9 Å². The first-order chi connectivity index (χ1) is 6.69. The van der Waals surface area contributed by atoms with Crippen molar-refractivity contribution < 1.29 is 14.3 Å². The average Bonchev–Trinajstić information content (AvgIpc) is 2.64. The Hall–Kier alpha value is -0.580. The van der Waals surface area contributed by atoms with Crippen molar-refractivity contribution in [3.05, 3.63) is 0 Å². The van der Waals surface area contributed by atoms with Crippen LogP contribution in [0.25, 0.3) is 0 Å². The largest absolute Gasteiger partial charge is 0.453 e. The van der Waals surface area contributed by atoms with Gasteiger partial charge in [0.2, 0.25) is 0 Å². The molecule has 1 fully saturated rings. The molecule has 0 bridgehead atoms. The summed E-state index contributed by atoms with van der Waals surface area (Å²) in [6.07, 6.45) is 1.96. The van der Waals surface area contributed by atoms with Gasteiger partial charge in [0, 0.05) is 19.0 Å². The Kier molecular flexibility index (Phi) is 4.38. The van der Waals surface area contributed by atoms with Gasteiger partial charge in [-0.25, -0.2) is 4.79 Å². The molecule has 1 saturated heterocycles. The topological polar surface area (TPSA) is 46.6 Å².